The lowest BCUT2D eigenvalue weighted by atomic mass is 9.88. The third-order valence-corrected chi connectivity index (χ3v) is 4.09. The lowest BCUT2D eigenvalue weighted by Gasteiger charge is -2.33. The molecule has 21 heavy (non-hydrogen) atoms. The molecule has 2 N–H and O–H groups in total. The molecule has 0 unspecified atom stereocenters. The third kappa shape index (κ3) is 3.30. The third-order valence-electron chi connectivity index (χ3n) is 3.78. The molecule has 0 radical (unpaired) electrons. The molecule has 0 saturated carbocycles. The van der Waals surface area contributed by atoms with Crippen LogP contribution in [-0.2, 0) is 5.60 Å². The van der Waals surface area contributed by atoms with Crippen LogP contribution in [0.25, 0.3) is 0 Å². The topological polar surface area (TPSA) is 35.2 Å². The average Bonchev–Trinajstić information content (AvgIpc) is 2.50. The van der Waals surface area contributed by atoms with E-state index in [0.717, 1.165) is 18.4 Å². The van der Waals surface area contributed by atoms with Crippen molar-refractivity contribution in [2.45, 2.75) is 32.3 Å². The molecule has 0 aliphatic carbocycles. The predicted octanol–water partition coefficient (Wildman–Crippen LogP) is 5.16. The van der Waals surface area contributed by atoms with Gasteiger partial charge in [0.15, 0.2) is 0 Å². The SMILES string of the molecule is CCC(CC)(Oc1ccc(N)cc1)c1ccc(Cl)c(F)c1. The zero-order valence-corrected chi connectivity index (χ0v) is 13.0. The second-order valence-corrected chi connectivity index (χ2v) is 5.41. The highest BCUT2D eigenvalue weighted by molar-refractivity contribution is 6.30. The second-order valence-electron chi connectivity index (χ2n) is 5.00. The van der Waals surface area contributed by atoms with Gasteiger partial charge in [-0.15, -0.1) is 0 Å². The number of ether oxygens (including phenoxy) is 1. The van der Waals surface area contributed by atoms with Crippen LogP contribution >= 0.6 is 11.6 Å². The van der Waals surface area contributed by atoms with Crippen molar-refractivity contribution in [2.24, 2.45) is 0 Å². The minimum Gasteiger partial charge on any atom is -0.483 e. The number of nitrogen functional groups attached to an aromatic ring is 1. The van der Waals surface area contributed by atoms with Crippen molar-refractivity contribution in [1.29, 1.82) is 0 Å². The van der Waals surface area contributed by atoms with Crippen LogP contribution in [0.4, 0.5) is 10.1 Å². The number of hydrogen-bond acceptors (Lipinski definition) is 2. The molecule has 0 fully saturated rings. The van der Waals surface area contributed by atoms with Gasteiger partial charge in [0.05, 0.1) is 5.02 Å². The van der Waals surface area contributed by atoms with E-state index >= 15 is 0 Å². The van der Waals surface area contributed by atoms with Gasteiger partial charge < -0.3 is 10.5 Å². The Balaban J connectivity index is 2.39. The lowest BCUT2D eigenvalue weighted by Crippen LogP contribution is -2.31. The molecule has 2 rings (SSSR count). The molecule has 0 amide bonds. The maximum atomic E-state index is 13.8. The van der Waals surface area contributed by atoms with E-state index in [4.69, 9.17) is 22.1 Å². The van der Waals surface area contributed by atoms with E-state index in [-0.39, 0.29) is 5.02 Å². The maximum absolute atomic E-state index is 13.8. The molecule has 0 saturated heterocycles. The van der Waals surface area contributed by atoms with E-state index in [9.17, 15) is 4.39 Å². The second kappa shape index (κ2) is 6.35. The first-order valence-corrected chi connectivity index (χ1v) is 7.38. The normalized spacial score (nSPS) is 11.4. The highest BCUT2D eigenvalue weighted by atomic mass is 35.5. The fourth-order valence-electron chi connectivity index (χ4n) is 2.40. The summed E-state index contributed by atoms with van der Waals surface area (Å²) in [6.07, 6.45) is 1.43. The minimum atomic E-state index is -0.582. The van der Waals surface area contributed by atoms with E-state index in [1.165, 1.54) is 6.07 Å². The Labute approximate surface area is 129 Å². The molecule has 0 atom stereocenters. The largest absolute Gasteiger partial charge is 0.483 e. The first-order chi connectivity index (χ1) is 10.0. The average molecular weight is 308 g/mol. The quantitative estimate of drug-likeness (QED) is 0.775. The van der Waals surface area contributed by atoms with Gasteiger partial charge in [-0.3, -0.25) is 0 Å². The molecular formula is C17H19ClFNO. The minimum absolute atomic E-state index is 0.118. The van der Waals surface area contributed by atoms with Crippen molar-refractivity contribution in [3.8, 4) is 5.75 Å². The summed E-state index contributed by atoms with van der Waals surface area (Å²) in [5, 5.41) is 0.118. The Morgan fingerprint density at radius 3 is 2.24 bits per heavy atom. The van der Waals surface area contributed by atoms with E-state index in [2.05, 4.69) is 0 Å². The first kappa shape index (κ1) is 15.6. The van der Waals surface area contributed by atoms with Crippen molar-refractivity contribution >= 4 is 17.3 Å². The molecule has 2 aromatic carbocycles. The Morgan fingerprint density at radius 1 is 1.10 bits per heavy atom. The van der Waals surface area contributed by atoms with E-state index in [1.807, 2.05) is 32.0 Å². The van der Waals surface area contributed by atoms with Crippen LogP contribution in [0.15, 0.2) is 42.5 Å². The fraction of sp³-hybridized carbons (Fsp3) is 0.294. The molecule has 2 aromatic rings. The van der Waals surface area contributed by atoms with E-state index in [1.54, 1.807) is 18.2 Å². The van der Waals surface area contributed by atoms with Crippen LogP contribution < -0.4 is 10.5 Å². The molecule has 0 bridgehead atoms. The summed E-state index contributed by atoms with van der Waals surface area (Å²) in [7, 11) is 0. The van der Waals surface area contributed by atoms with Gasteiger partial charge in [0, 0.05) is 5.69 Å². The summed E-state index contributed by atoms with van der Waals surface area (Å²) in [5.74, 6) is 0.282. The smallest absolute Gasteiger partial charge is 0.142 e. The monoisotopic (exact) mass is 307 g/mol. The summed E-state index contributed by atoms with van der Waals surface area (Å²) in [6.45, 7) is 4.04. The van der Waals surface area contributed by atoms with Gasteiger partial charge in [0.2, 0.25) is 0 Å². The van der Waals surface area contributed by atoms with Gasteiger partial charge in [-0.25, -0.2) is 4.39 Å². The number of rotatable bonds is 5. The maximum Gasteiger partial charge on any atom is 0.142 e. The molecule has 2 nitrogen and oxygen atoms in total. The van der Waals surface area contributed by atoms with Gasteiger partial charge in [0.25, 0.3) is 0 Å². The van der Waals surface area contributed by atoms with Crippen LogP contribution in [0.1, 0.15) is 32.3 Å². The highest BCUT2D eigenvalue weighted by Gasteiger charge is 2.31. The standard InChI is InChI=1S/C17H19ClFNO/c1-3-17(4-2,12-5-10-15(18)16(19)11-12)21-14-8-6-13(20)7-9-14/h5-11H,3-4,20H2,1-2H3. The zero-order chi connectivity index (χ0) is 15.5. The molecule has 0 aromatic heterocycles. The number of hydrogen-bond donors (Lipinski definition) is 1. The summed E-state index contributed by atoms with van der Waals surface area (Å²) in [4.78, 5) is 0. The fourth-order valence-corrected chi connectivity index (χ4v) is 2.52. The van der Waals surface area contributed by atoms with E-state index in [0.29, 0.717) is 11.4 Å². The molecule has 0 aliphatic rings. The van der Waals surface area contributed by atoms with Crippen molar-refractivity contribution in [1.82, 2.24) is 0 Å². The van der Waals surface area contributed by atoms with Gasteiger partial charge in [0.1, 0.15) is 17.2 Å². The van der Waals surface area contributed by atoms with Gasteiger partial charge in [-0.2, -0.15) is 0 Å². The molecule has 4 heteroatoms. The molecule has 0 heterocycles. The van der Waals surface area contributed by atoms with Crippen molar-refractivity contribution < 1.29 is 9.13 Å². The van der Waals surface area contributed by atoms with Crippen LogP contribution in [0.5, 0.6) is 5.75 Å². The number of nitrogens with two attached hydrogens (primary N) is 1. The summed E-state index contributed by atoms with van der Waals surface area (Å²) in [6, 6.07) is 12.0. The number of halogens is 2. The van der Waals surface area contributed by atoms with Gasteiger partial charge in [-0.1, -0.05) is 31.5 Å². The van der Waals surface area contributed by atoms with E-state index < -0.39 is 11.4 Å². The van der Waals surface area contributed by atoms with Crippen molar-refractivity contribution in [2.75, 3.05) is 5.73 Å². The van der Waals surface area contributed by atoms with Crippen LogP contribution in [0, 0.1) is 5.82 Å². The van der Waals surface area contributed by atoms with Gasteiger partial charge in [-0.05, 0) is 54.8 Å². The van der Waals surface area contributed by atoms with Crippen LogP contribution in [0.2, 0.25) is 5.02 Å². The Kier molecular flexibility index (Phi) is 4.73. The predicted molar refractivity (Wildman–Crippen MR) is 85.2 cm³/mol. The molecule has 0 aliphatic heterocycles. The number of anilines is 1. The Hall–Kier alpha value is -1.74. The Morgan fingerprint density at radius 2 is 1.71 bits per heavy atom. The molecule has 112 valence electrons. The Bertz CT molecular complexity index is 609. The summed E-state index contributed by atoms with van der Waals surface area (Å²) >= 11 is 5.77. The van der Waals surface area contributed by atoms with Crippen molar-refractivity contribution in [3.05, 3.63) is 58.9 Å². The molecule has 0 spiro atoms. The van der Waals surface area contributed by atoms with Crippen molar-refractivity contribution in [3.63, 3.8) is 0 Å². The van der Waals surface area contributed by atoms with Gasteiger partial charge >= 0.3 is 0 Å². The first-order valence-electron chi connectivity index (χ1n) is 7.01. The van der Waals surface area contributed by atoms with Crippen LogP contribution in [-0.4, -0.2) is 0 Å². The van der Waals surface area contributed by atoms with Crippen LogP contribution in [0.3, 0.4) is 0 Å². The zero-order valence-electron chi connectivity index (χ0n) is 12.2. The number of benzene rings is 2. The summed E-state index contributed by atoms with van der Waals surface area (Å²) < 4.78 is 19.9. The highest BCUT2D eigenvalue weighted by Crippen LogP contribution is 2.36. The summed E-state index contributed by atoms with van der Waals surface area (Å²) in [5.41, 5.74) is 6.56. The lowest BCUT2D eigenvalue weighted by molar-refractivity contribution is 0.0570. The molecular weight excluding hydrogens is 289 g/mol.